The third kappa shape index (κ3) is 5.73. The quantitative estimate of drug-likeness (QED) is 0.611. The van der Waals surface area contributed by atoms with Gasteiger partial charge in [-0.25, -0.2) is 4.79 Å². The largest absolute Gasteiger partial charge is 0.508 e. The van der Waals surface area contributed by atoms with Crippen molar-refractivity contribution in [1.29, 1.82) is 0 Å². The second-order valence-corrected chi connectivity index (χ2v) is 7.82. The standard InChI is InChI=1S/C22H30O4/c1-15(2)19-11-13-22(4,25)12-5-6-16(3)14-20(19)26-21(24)17-7-9-18(23)10-8-17/h6-11,13,15,19-20,23,25H,5,12,14H2,1-4H3/b13-11+,16-6-/t19-,20+,22-/m1/s1. The SMILES string of the molecule is C/C1=C/CC[C@@](C)(O)/C=C/[C@H](C(C)C)[C@@H](OC(=O)c2ccc(O)cc2)C1. The third-order valence-corrected chi connectivity index (χ3v) is 4.90. The van der Waals surface area contributed by atoms with Gasteiger partial charge in [0, 0.05) is 12.3 Å². The molecule has 0 aliphatic heterocycles. The molecule has 0 fully saturated rings. The van der Waals surface area contributed by atoms with E-state index in [0.717, 1.165) is 12.0 Å². The van der Waals surface area contributed by atoms with Crippen LogP contribution in [0, 0.1) is 11.8 Å². The number of rotatable bonds is 3. The van der Waals surface area contributed by atoms with Gasteiger partial charge in [0.15, 0.2) is 0 Å². The van der Waals surface area contributed by atoms with Gasteiger partial charge in [-0.3, -0.25) is 0 Å². The van der Waals surface area contributed by atoms with E-state index in [9.17, 15) is 15.0 Å². The molecule has 2 N–H and O–H groups in total. The van der Waals surface area contributed by atoms with Gasteiger partial charge < -0.3 is 14.9 Å². The van der Waals surface area contributed by atoms with Gasteiger partial charge >= 0.3 is 5.97 Å². The Labute approximate surface area is 156 Å². The van der Waals surface area contributed by atoms with Gasteiger partial charge in [-0.05, 0) is 56.9 Å². The highest BCUT2D eigenvalue weighted by Gasteiger charge is 2.29. The van der Waals surface area contributed by atoms with Gasteiger partial charge in [-0.2, -0.15) is 0 Å². The summed E-state index contributed by atoms with van der Waals surface area (Å²) < 4.78 is 5.87. The molecule has 2 rings (SSSR count). The Bertz CT molecular complexity index is 668. The van der Waals surface area contributed by atoms with Crippen LogP contribution in [0.1, 0.15) is 57.3 Å². The minimum absolute atomic E-state index is 0.00369. The Morgan fingerprint density at radius 1 is 1.27 bits per heavy atom. The summed E-state index contributed by atoms with van der Waals surface area (Å²) in [4.78, 5) is 12.6. The first-order valence-electron chi connectivity index (χ1n) is 9.25. The molecule has 0 unspecified atom stereocenters. The minimum atomic E-state index is -0.868. The van der Waals surface area contributed by atoms with E-state index < -0.39 is 11.6 Å². The number of ether oxygens (including phenoxy) is 1. The third-order valence-electron chi connectivity index (χ3n) is 4.90. The Kier molecular flexibility index (Phi) is 6.65. The topological polar surface area (TPSA) is 66.8 Å². The lowest BCUT2D eigenvalue weighted by atomic mass is 9.83. The van der Waals surface area contributed by atoms with E-state index in [1.807, 2.05) is 26.0 Å². The maximum absolute atomic E-state index is 12.6. The van der Waals surface area contributed by atoms with Crippen molar-refractivity contribution in [3.05, 3.63) is 53.6 Å². The highest BCUT2D eigenvalue weighted by molar-refractivity contribution is 5.89. The Morgan fingerprint density at radius 3 is 2.54 bits per heavy atom. The molecular weight excluding hydrogens is 328 g/mol. The molecule has 4 nitrogen and oxygen atoms in total. The van der Waals surface area contributed by atoms with Crippen molar-refractivity contribution in [2.75, 3.05) is 0 Å². The maximum Gasteiger partial charge on any atom is 0.338 e. The fourth-order valence-electron chi connectivity index (χ4n) is 3.25. The number of benzene rings is 1. The first kappa shape index (κ1) is 20.2. The van der Waals surface area contributed by atoms with Crippen LogP contribution in [0.3, 0.4) is 0 Å². The number of carbonyl (C=O) groups excluding carboxylic acids is 1. The second-order valence-electron chi connectivity index (χ2n) is 7.82. The highest BCUT2D eigenvalue weighted by Crippen LogP contribution is 2.29. The molecule has 1 aliphatic carbocycles. The van der Waals surface area contributed by atoms with Crippen LogP contribution in [-0.4, -0.2) is 27.9 Å². The molecule has 0 heterocycles. The van der Waals surface area contributed by atoms with Gasteiger partial charge in [0.25, 0.3) is 0 Å². The number of phenols is 1. The van der Waals surface area contributed by atoms with Crippen molar-refractivity contribution in [2.45, 2.75) is 58.7 Å². The fraction of sp³-hybridized carbons (Fsp3) is 0.500. The van der Waals surface area contributed by atoms with Crippen molar-refractivity contribution >= 4 is 5.97 Å². The van der Waals surface area contributed by atoms with Crippen molar-refractivity contribution in [3.8, 4) is 5.75 Å². The molecule has 26 heavy (non-hydrogen) atoms. The summed E-state index contributed by atoms with van der Waals surface area (Å²) in [6, 6.07) is 6.08. The van der Waals surface area contributed by atoms with Crippen molar-refractivity contribution in [2.24, 2.45) is 11.8 Å². The van der Waals surface area contributed by atoms with Gasteiger partial charge in [-0.1, -0.05) is 37.6 Å². The molecule has 0 saturated heterocycles. The lowest BCUT2D eigenvalue weighted by molar-refractivity contribution is 0.0139. The van der Waals surface area contributed by atoms with Crippen LogP contribution < -0.4 is 0 Å². The number of allylic oxidation sites excluding steroid dienone is 1. The summed E-state index contributed by atoms with van der Waals surface area (Å²) in [6.07, 6.45) is 7.77. The van der Waals surface area contributed by atoms with E-state index in [4.69, 9.17) is 4.74 Å². The van der Waals surface area contributed by atoms with Gasteiger partial charge in [0.1, 0.15) is 11.9 Å². The lowest BCUT2D eigenvalue weighted by Crippen LogP contribution is -2.31. The number of aliphatic hydroxyl groups is 1. The fourth-order valence-corrected chi connectivity index (χ4v) is 3.25. The first-order chi connectivity index (χ1) is 12.2. The van der Waals surface area contributed by atoms with E-state index in [0.29, 0.717) is 18.4 Å². The highest BCUT2D eigenvalue weighted by atomic mass is 16.5. The predicted octanol–water partition coefficient (Wildman–Crippen LogP) is 4.63. The normalized spacial score (nSPS) is 30.3. The molecular formula is C22H30O4. The van der Waals surface area contributed by atoms with Crippen molar-refractivity contribution < 1.29 is 19.7 Å². The Morgan fingerprint density at radius 2 is 1.92 bits per heavy atom. The molecule has 0 spiro atoms. The van der Waals surface area contributed by atoms with Crippen LogP contribution in [0.2, 0.25) is 0 Å². The van der Waals surface area contributed by atoms with Gasteiger partial charge in [-0.15, -0.1) is 0 Å². The zero-order valence-corrected chi connectivity index (χ0v) is 16.1. The molecule has 1 aromatic carbocycles. The van der Waals surface area contributed by atoms with Crippen molar-refractivity contribution in [1.82, 2.24) is 0 Å². The summed E-state index contributed by atoms with van der Waals surface area (Å²) in [6.45, 7) is 8.04. The molecule has 0 aromatic heterocycles. The lowest BCUT2D eigenvalue weighted by Gasteiger charge is -2.30. The molecule has 3 atom stereocenters. The van der Waals surface area contributed by atoms with E-state index in [1.165, 1.54) is 12.1 Å². The summed E-state index contributed by atoms with van der Waals surface area (Å²) >= 11 is 0. The number of aromatic hydroxyl groups is 1. The first-order valence-corrected chi connectivity index (χ1v) is 9.25. The van der Waals surface area contributed by atoms with Crippen LogP contribution >= 0.6 is 0 Å². The molecule has 0 radical (unpaired) electrons. The van der Waals surface area contributed by atoms with Crippen molar-refractivity contribution in [3.63, 3.8) is 0 Å². The number of carbonyl (C=O) groups is 1. The molecule has 0 saturated carbocycles. The Balaban J connectivity index is 2.28. The smallest absolute Gasteiger partial charge is 0.338 e. The molecule has 142 valence electrons. The zero-order valence-electron chi connectivity index (χ0n) is 16.1. The van der Waals surface area contributed by atoms with Crippen LogP contribution in [-0.2, 0) is 4.74 Å². The second kappa shape index (κ2) is 8.54. The average Bonchev–Trinajstić information content (AvgIpc) is 2.54. The molecule has 1 aliphatic rings. The summed E-state index contributed by atoms with van der Waals surface area (Å²) in [5.41, 5.74) is 0.706. The molecule has 0 bridgehead atoms. The van der Waals surface area contributed by atoms with Crippen LogP contribution in [0.25, 0.3) is 0 Å². The molecule has 4 heteroatoms. The maximum atomic E-state index is 12.6. The predicted molar refractivity (Wildman–Crippen MR) is 103 cm³/mol. The zero-order chi connectivity index (χ0) is 19.3. The van der Waals surface area contributed by atoms with E-state index in [2.05, 4.69) is 19.9 Å². The summed E-state index contributed by atoms with van der Waals surface area (Å²) in [7, 11) is 0. The summed E-state index contributed by atoms with van der Waals surface area (Å²) in [5.74, 6) is -0.0224. The number of phenolic OH excluding ortho intramolecular Hbond substituents is 1. The van der Waals surface area contributed by atoms with E-state index in [-0.39, 0.29) is 23.7 Å². The number of esters is 1. The van der Waals surface area contributed by atoms with E-state index in [1.54, 1.807) is 12.1 Å². The number of hydrogen-bond donors (Lipinski definition) is 2. The van der Waals surface area contributed by atoms with Crippen LogP contribution in [0.5, 0.6) is 5.75 Å². The molecule has 0 amide bonds. The average molecular weight is 358 g/mol. The summed E-state index contributed by atoms with van der Waals surface area (Å²) in [5, 5.41) is 19.9. The minimum Gasteiger partial charge on any atom is -0.508 e. The van der Waals surface area contributed by atoms with Gasteiger partial charge in [0.05, 0.1) is 11.2 Å². The number of hydrogen-bond acceptors (Lipinski definition) is 4. The monoisotopic (exact) mass is 358 g/mol. The Hall–Kier alpha value is -2.07. The van der Waals surface area contributed by atoms with Crippen LogP contribution in [0.15, 0.2) is 48.1 Å². The molecule has 1 aromatic rings. The van der Waals surface area contributed by atoms with E-state index >= 15 is 0 Å². The van der Waals surface area contributed by atoms with Crippen LogP contribution in [0.4, 0.5) is 0 Å². The van der Waals surface area contributed by atoms with Gasteiger partial charge in [0.2, 0.25) is 0 Å².